The molecular weight excluding hydrogens is 915 g/mol. The van der Waals surface area contributed by atoms with Gasteiger partial charge in [-0.3, -0.25) is 4.90 Å². The number of carbonyl (C=O) groups is 1. The molecule has 4 bridgehead atoms. The van der Waals surface area contributed by atoms with Crippen molar-refractivity contribution in [3.63, 3.8) is 0 Å². The molecule has 4 aromatic heterocycles. The number of fused-ring (bicyclic) bond motifs is 7. The first-order valence-electron chi connectivity index (χ1n) is 20.8. The molecule has 1 fully saturated rings. The molecule has 3 aliphatic rings. The Bertz CT molecular complexity index is 2880. The second-order valence-electron chi connectivity index (χ2n) is 15.8. The van der Waals surface area contributed by atoms with Crippen LogP contribution in [0.15, 0.2) is 73.2 Å². The summed E-state index contributed by atoms with van der Waals surface area (Å²) in [4.78, 5) is 38.0. The van der Waals surface area contributed by atoms with Crippen LogP contribution in [-0.4, -0.2) is 107 Å². The Morgan fingerprint density at radius 3 is 2.46 bits per heavy atom. The van der Waals surface area contributed by atoms with Gasteiger partial charge in [-0.05, 0) is 86.1 Å². The zero-order valence-corrected chi connectivity index (χ0v) is 38.9. The molecule has 7 aromatic rings. The van der Waals surface area contributed by atoms with Crippen molar-refractivity contribution in [2.45, 2.75) is 39.1 Å². The van der Waals surface area contributed by atoms with Crippen LogP contribution in [0, 0.1) is 19.0 Å². The van der Waals surface area contributed by atoms with Gasteiger partial charge in [-0.25, -0.2) is 24.7 Å². The van der Waals surface area contributed by atoms with Crippen molar-refractivity contribution in [1.82, 2.24) is 29.7 Å². The molecule has 1 N–H and O–H groups in total. The summed E-state index contributed by atoms with van der Waals surface area (Å²) in [7, 11) is 3.69. The second-order valence-corrected chi connectivity index (χ2v) is 18.6. The minimum Gasteiger partial charge on any atom is -0.496 e. The zero-order valence-electron chi connectivity index (χ0n) is 35.8. The highest BCUT2D eigenvalue weighted by molar-refractivity contribution is 7.26. The maximum absolute atomic E-state index is 14.7. The summed E-state index contributed by atoms with van der Waals surface area (Å²) in [6, 6.07) is 17.6. The molecule has 3 aromatic carbocycles. The zero-order chi connectivity index (χ0) is 45.4. The number of likely N-dealkylation sites (N-methyl/N-ethyl adjacent to an activating group) is 1. The molecule has 0 radical (unpaired) electrons. The number of rotatable bonds is 9. The number of halogens is 3. The Hall–Kier alpha value is -5.62. The van der Waals surface area contributed by atoms with Crippen LogP contribution in [0.5, 0.6) is 28.9 Å². The molecule has 7 heterocycles. The number of carboxylic acid groups (broad SMARTS) is 1. The topological polar surface area (TPSA) is 141 Å². The van der Waals surface area contributed by atoms with E-state index in [0.717, 1.165) is 43.1 Å². The number of nitrogens with zero attached hydrogens (tertiary/aromatic N) is 6. The summed E-state index contributed by atoms with van der Waals surface area (Å²) in [6.45, 7) is 7.84. The highest BCUT2D eigenvalue weighted by Crippen LogP contribution is 2.54. The van der Waals surface area contributed by atoms with Crippen LogP contribution in [0.3, 0.4) is 0 Å². The van der Waals surface area contributed by atoms with Crippen LogP contribution < -0.4 is 23.7 Å². The van der Waals surface area contributed by atoms with Crippen molar-refractivity contribution in [3.8, 4) is 61.1 Å². The standard InChI is InChI=1S/C47H43Cl2FN6O7S2/c1-25-37-26(2)41(49)42(40(25)48)62-30(21-56-17-15-55(3)16-18-56)23-60-29-9-10-32(61-22-28-13-14-51-44(54-28)31-7-5-6-8-33(31)59-4)27(19-29)20-34(47(57)58)63-45-39-38(37)43(35-11-12-36(50)64-35)65-46(39)53-24-52-45/h5-14,19,24,30,34H,15-18,20-23H2,1-4H3,(H,57,58)/t30-,34-/m1/s1. The lowest BCUT2D eigenvalue weighted by atomic mass is 9.93. The number of aliphatic carboxylic acids is 1. The molecule has 13 nitrogen and oxygen atoms in total. The third-order valence-electron chi connectivity index (χ3n) is 11.5. The number of para-hydroxylation sites is 1. The first kappa shape index (κ1) is 44.6. The van der Waals surface area contributed by atoms with Gasteiger partial charge in [0.2, 0.25) is 12.0 Å². The van der Waals surface area contributed by atoms with E-state index in [1.54, 1.807) is 43.6 Å². The minimum absolute atomic E-state index is 0.0135. The van der Waals surface area contributed by atoms with Crippen LogP contribution >= 0.6 is 45.9 Å². The van der Waals surface area contributed by atoms with E-state index in [2.05, 4.69) is 31.8 Å². The lowest BCUT2D eigenvalue weighted by molar-refractivity contribution is -0.145. The van der Waals surface area contributed by atoms with Crippen molar-refractivity contribution < 1.29 is 38.0 Å². The van der Waals surface area contributed by atoms with Gasteiger partial charge in [0.25, 0.3) is 0 Å². The average molecular weight is 958 g/mol. The lowest BCUT2D eigenvalue weighted by Gasteiger charge is -2.35. The van der Waals surface area contributed by atoms with Gasteiger partial charge in [0.05, 0.1) is 38.7 Å². The Balaban J connectivity index is 1.16. The normalized spacial score (nSPS) is 17.0. The van der Waals surface area contributed by atoms with E-state index in [4.69, 9.17) is 51.9 Å². The molecule has 1 saturated heterocycles. The largest absolute Gasteiger partial charge is 0.496 e. The van der Waals surface area contributed by atoms with E-state index in [1.807, 2.05) is 38.1 Å². The molecular formula is C47H43Cl2FN6O7S2. The van der Waals surface area contributed by atoms with Crippen LogP contribution in [0.2, 0.25) is 10.0 Å². The molecule has 3 aliphatic heterocycles. The molecule has 65 heavy (non-hydrogen) atoms. The Morgan fingerprint density at radius 1 is 0.938 bits per heavy atom. The number of methoxy groups -OCH3 is 1. The van der Waals surface area contributed by atoms with E-state index < -0.39 is 18.2 Å². The molecule has 0 aliphatic carbocycles. The van der Waals surface area contributed by atoms with Crippen LogP contribution in [-0.2, 0) is 17.8 Å². The highest BCUT2D eigenvalue weighted by Gasteiger charge is 2.32. The predicted octanol–water partition coefficient (Wildman–Crippen LogP) is 9.66. The fourth-order valence-electron chi connectivity index (χ4n) is 8.11. The molecule has 0 amide bonds. The van der Waals surface area contributed by atoms with Crippen molar-refractivity contribution >= 4 is 62.1 Å². The number of thiophene rings is 2. The number of piperazine rings is 1. The molecule has 2 atom stereocenters. The number of carboxylic acids is 1. The van der Waals surface area contributed by atoms with E-state index in [9.17, 15) is 14.3 Å². The molecule has 0 saturated carbocycles. The molecule has 10 rings (SSSR count). The van der Waals surface area contributed by atoms with Gasteiger partial charge in [0.1, 0.15) is 47.7 Å². The van der Waals surface area contributed by atoms with Crippen LogP contribution in [0.4, 0.5) is 4.39 Å². The molecule has 336 valence electrons. The summed E-state index contributed by atoms with van der Waals surface area (Å²) >= 11 is 16.9. The summed E-state index contributed by atoms with van der Waals surface area (Å²) < 4.78 is 46.5. The molecule has 18 heteroatoms. The summed E-state index contributed by atoms with van der Waals surface area (Å²) in [5.41, 5.74) is 4.30. The minimum atomic E-state index is -1.47. The van der Waals surface area contributed by atoms with Gasteiger partial charge < -0.3 is 33.7 Å². The smallest absolute Gasteiger partial charge is 0.345 e. The predicted molar refractivity (Wildman–Crippen MR) is 250 cm³/mol. The van der Waals surface area contributed by atoms with Crippen molar-refractivity contribution in [2.75, 3.05) is 53.5 Å². The summed E-state index contributed by atoms with van der Waals surface area (Å²) in [5, 5.41) is 11.5. The monoisotopic (exact) mass is 956 g/mol. The molecule has 0 spiro atoms. The van der Waals surface area contributed by atoms with Gasteiger partial charge in [0.15, 0.2) is 16.7 Å². The van der Waals surface area contributed by atoms with Crippen LogP contribution in [0.1, 0.15) is 22.4 Å². The highest BCUT2D eigenvalue weighted by atomic mass is 35.5. The van der Waals surface area contributed by atoms with E-state index in [1.165, 1.54) is 23.7 Å². The van der Waals surface area contributed by atoms with Crippen molar-refractivity contribution in [1.29, 1.82) is 0 Å². The fraction of sp³-hybridized carbons (Fsp3) is 0.298. The first-order chi connectivity index (χ1) is 31.4. The van der Waals surface area contributed by atoms with Crippen LogP contribution in [0.25, 0.3) is 42.5 Å². The summed E-state index contributed by atoms with van der Waals surface area (Å²) in [5.74, 6) is 1.01. The van der Waals surface area contributed by atoms with Gasteiger partial charge in [0, 0.05) is 61.3 Å². The number of hydrogen-bond acceptors (Lipinski definition) is 14. The van der Waals surface area contributed by atoms with Gasteiger partial charge in [-0.1, -0.05) is 35.3 Å². The first-order valence-corrected chi connectivity index (χ1v) is 23.2. The number of ether oxygens (including phenoxy) is 5. The van der Waals surface area contributed by atoms with Crippen molar-refractivity contribution in [3.05, 3.63) is 111 Å². The van der Waals surface area contributed by atoms with Gasteiger partial charge in [-0.2, -0.15) is 4.39 Å². The Kier molecular flexibility index (Phi) is 13.1. The molecule has 0 unspecified atom stereocenters. The Labute approximate surface area is 392 Å². The third kappa shape index (κ3) is 9.28. The number of benzene rings is 3. The maximum atomic E-state index is 14.7. The number of hydrogen-bond donors (Lipinski definition) is 1. The van der Waals surface area contributed by atoms with E-state index in [-0.39, 0.29) is 40.7 Å². The maximum Gasteiger partial charge on any atom is 0.345 e. The van der Waals surface area contributed by atoms with Gasteiger partial charge in [-0.15, -0.1) is 22.7 Å². The van der Waals surface area contributed by atoms with E-state index in [0.29, 0.717) is 88.8 Å². The van der Waals surface area contributed by atoms with Gasteiger partial charge >= 0.3 is 5.97 Å². The van der Waals surface area contributed by atoms with E-state index >= 15 is 0 Å². The third-order valence-corrected chi connectivity index (χ3v) is 14.6. The lowest BCUT2D eigenvalue weighted by Crippen LogP contribution is -2.49. The Morgan fingerprint density at radius 2 is 1.72 bits per heavy atom. The van der Waals surface area contributed by atoms with Crippen molar-refractivity contribution in [2.24, 2.45) is 0 Å². The second kappa shape index (κ2) is 19.1. The summed E-state index contributed by atoms with van der Waals surface area (Å²) in [6.07, 6.45) is 0.801. The SMILES string of the molecule is COc1ccccc1-c1nccc(COc2ccc3cc2C[C@H](C(=O)O)Oc2ncnc4sc(-c5ccc(F)s5)c(c24)-c2c(C)c(Cl)c(c(Cl)c2C)O[C@H](CN2CCN(C)CC2)CO3)n1. The fourth-order valence-corrected chi connectivity index (χ4v) is 10.6. The number of aromatic nitrogens is 4. The quantitative estimate of drug-likeness (QED) is 0.147. The average Bonchev–Trinajstić information content (AvgIpc) is 3.92.